The number of hydrogen-bond donors (Lipinski definition) is 3. The molecule has 10 atom stereocenters. The van der Waals surface area contributed by atoms with Crippen LogP contribution in [0.25, 0.3) is 0 Å². The van der Waals surface area contributed by atoms with E-state index in [1.807, 2.05) is 20.8 Å². The number of likely N-dealkylation sites (tertiary alicyclic amines) is 1. The number of fused-ring (bicyclic) bond motifs is 1. The number of piperidine rings is 1. The fraction of sp³-hybridized carbons (Fsp3) is 0.756. The highest BCUT2D eigenvalue weighted by atomic mass is 35.5. The molecule has 4 heterocycles. The number of alkyl halides is 5. The normalized spacial score (nSPS) is 27.9. The minimum absolute atomic E-state index is 0.0280. The zero-order valence-corrected chi connectivity index (χ0v) is 67.4. The van der Waals surface area contributed by atoms with Crippen LogP contribution < -0.4 is 16.0 Å². The van der Waals surface area contributed by atoms with Crippen LogP contribution in [-0.4, -0.2) is 293 Å². The summed E-state index contributed by atoms with van der Waals surface area (Å²) in [5.41, 5.74) is -2.83. The Morgan fingerprint density at radius 2 is 1.25 bits per heavy atom. The van der Waals surface area contributed by atoms with Gasteiger partial charge in [0.25, 0.3) is 5.92 Å². The quantitative estimate of drug-likeness (QED) is 0.194. The van der Waals surface area contributed by atoms with Crippen LogP contribution in [0.2, 0.25) is 5.02 Å². The van der Waals surface area contributed by atoms with E-state index < -0.39 is 223 Å². The molecule has 13 amide bonds. The lowest BCUT2D eigenvalue weighted by Gasteiger charge is -2.45. The van der Waals surface area contributed by atoms with E-state index in [0.29, 0.717) is 44.9 Å². The standard InChI is InChI=1S/C78H117ClF5N13O14/c1-13-48(4)64-73(108)89(7)49(5)68(103)97-34-29-56(97)71(106)92(10)59(43-50-21-15-14-16-22-50)70(105)88(6)46-61(98)85-55(28-26-51-25-27-53(54(79)42-51)78(82,83)84)69(104)91(9)58(44-63(100)95-35-32-77(80,81)33-36-95)67(102)87-76(30-19-20-31-76)75(110)94(12)65(52-23-17-18-24-52)74(109)93(11)60(72(107)96-37-39-111-40-38-96)45-62(99)90(8)57(41-47(2)3)66(101)86-64/h25,27,42,47-50,52,55-60,64-65H,13-24,26,28-41,43-46H2,1-12H3,(H,85,98)(H,86,101)(H,87,102)/t48-,49-,55-,56-,57-,58-,59-,60-,64-,65-/m0/s1. The maximum atomic E-state index is 16.0. The highest BCUT2D eigenvalue weighted by Crippen LogP contribution is 2.39. The van der Waals surface area contributed by atoms with Crippen LogP contribution in [0.1, 0.15) is 187 Å². The molecule has 3 aliphatic carbocycles. The van der Waals surface area contributed by atoms with E-state index in [9.17, 15) is 45.9 Å². The third-order valence-electron chi connectivity index (χ3n) is 24.5. The second-order valence-corrected chi connectivity index (χ2v) is 33.0. The van der Waals surface area contributed by atoms with Gasteiger partial charge in [-0.15, -0.1) is 0 Å². The lowest BCUT2D eigenvalue weighted by Crippen LogP contribution is -2.66. The van der Waals surface area contributed by atoms with Gasteiger partial charge in [-0.2, -0.15) is 13.2 Å². The summed E-state index contributed by atoms with van der Waals surface area (Å²) >= 11 is 6.19. The molecule has 0 aromatic heterocycles. The molecule has 0 radical (unpaired) electrons. The first-order chi connectivity index (χ1) is 52.2. The number of ether oxygens (including phenoxy) is 1. The third kappa shape index (κ3) is 21.6. The molecule has 7 aliphatic rings. The Morgan fingerprint density at radius 3 is 1.83 bits per heavy atom. The maximum absolute atomic E-state index is 16.0. The van der Waals surface area contributed by atoms with Gasteiger partial charge in [0.1, 0.15) is 59.9 Å². The molecule has 0 bridgehead atoms. The fourth-order valence-electron chi connectivity index (χ4n) is 16.9. The predicted molar refractivity (Wildman–Crippen MR) is 400 cm³/mol. The van der Waals surface area contributed by atoms with Crippen molar-refractivity contribution < 1.29 is 89.0 Å². The number of carbonyl (C=O) groups excluding carboxylic acids is 13. The average molecular weight is 1590 g/mol. The molecular formula is C78H117ClF5N13O14. The van der Waals surface area contributed by atoms with Crippen LogP contribution >= 0.6 is 11.6 Å². The van der Waals surface area contributed by atoms with Crippen molar-refractivity contribution in [2.45, 2.75) is 254 Å². The van der Waals surface area contributed by atoms with Crippen LogP contribution in [-0.2, 0) is 79.7 Å². The number of nitrogens with zero attached hydrogens (tertiary/aromatic N) is 10. The van der Waals surface area contributed by atoms with E-state index in [4.69, 9.17) is 16.3 Å². The maximum Gasteiger partial charge on any atom is 0.417 e. The van der Waals surface area contributed by atoms with E-state index in [1.54, 1.807) is 6.92 Å². The zero-order valence-electron chi connectivity index (χ0n) is 66.6. The van der Waals surface area contributed by atoms with Crippen LogP contribution in [0.4, 0.5) is 22.0 Å². The summed E-state index contributed by atoms with van der Waals surface area (Å²) in [5, 5.41) is 7.83. The summed E-state index contributed by atoms with van der Waals surface area (Å²) in [6.07, 6.45) is -0.768. The highest BCUT2D eigenvalue weighted by Gasteiger charge is 2.53. The predicted octanol–water partition coefficient (Wildman–Crippen LogP) is 5.89. The SMILES string of the molecule is CC[C@H](C)[C@@H]1NC(=O)[C@H](CC(C)C)N(C)C(=O)C[C@@H](C(=O)N2CCOCC2)N(C)C(=O)[C@H](C2CCCC2)N(C)C(=O)C2(CCCC2)NC(=O)[C@H](CC(=O)N2CCC(F)(F)CC2)N(C)C(=O)[C@H](CCc2ccc(C(F)(F)F)c(Cl)c2)NC(=O)CN(C)C(=O)[C@H](CC2CCCCC2)N(C)C(=O)[C@@H]2CCN2C(=O)[C@H](C)N(C)C1=O. The first-order valence-electron chi connectivity index (χ1n) is 39.7. The molecule has 1 aromatic rings. The van der Waals surface area contributed by atoms with E-state index >= 15 is 38.4 Å². The highest BCUT2D eigenvalue weighted by molar-refractivity contribution is 6.31. The Bertz CT molecular complexity index is 3540. The minimum Gasteiger partial charge on any atom is -0.378 e. The van der Waals surface area contributed by atoms with E-state index in [1.165, 1.54) is 78.6 Å². The second kappa shape index (κ2) is 38.4. The van der Waals surface area contributed by atoms with Crippen LogP contribution in [0.15, 0.2) is 18.2 Å². The van der Waals surface area contributed by atoms with Crippen LogP contribution in [0.5, 0.6) is 0 Å². The van der Waals surface area contributed by atoms with Gasteiger partial charge in [0.2, 0.25) is 76.8 Å². The Labute approximate surface area is 653 Å². The summed E-state index contributed by atoms with van der Waals surface area (Å²) in [6, 6.07) is -9.60. The molecule has 620 valence electrons. The van der Waals surface area contributed by atoms with Crippen LogP contribution in [0, 0.1) is 23.7 Å². The molecule has 7 fully saturated rings. The molecule has 4 saturated heterocycles. The fourth-order valence-corrected chi connectivity index (χ4v) is 17.2. The molecule has 0 unspecified atom stereocenters. The minimum atomic E-state index is -4.84. The summed E-state index contributed by atoms with van der Waals surface area (Å²) in [5.74, 6) is -14.5. The van der Waals surface area contributed by atoms with Gasteiger partial charge in [0, 0.05) is 94.9 Å². The third-order valence-corrected chi connectivity index (χ3v) is 24.8. The van der Waals surface area contributed by atoms with Crippen molar-refractivity contribution in [3.05, 3.63) is 34.3 Å². The molecule has 27 nitrogen and oxygen atoms in total. The molecule has 3 saturated carbocycles. The van der Waals surface area contributed by atoms with Crippen molar-refractivity contribution in [3.8, 4) is 0 Å². The summed E-state index contributed by atoms with van der Waals surface area (Å²) < 4.78 is 77.2. The molecule has 4 aliphatic heterocycles. The molecular weight excluding hydrogens is 1470 g/mol. The second-order valence-electron chi connectivity index (χ2n) is 32.5. The summed E-state index contributed by atoms with van der Waals surface area (Å²) in [7, 11) is 9.47. The smallest absolute Gasteiger partial charge is 0.378 e. The van der Waals surface area contributed by atoms with Gasteiger partial charge in [0.15, 0.2) is 0 Å². The van der Waals surface area contributed by atoms with Crippen molar-refractivity contribution in [2.75, 3.05) is 102 Å². The average Bonchev–Trinajstić information content (AvgIpc) is 1.76. The molecule has 1 aromatic carbocycles. The number of aryl methyl sites for hydroxylation is 1. The van der Waals surface area contributed by atoms with Crippen molar-refractivity contribution in [1.29, 1.82) is 0 Å². The number of hydrogen-bond acceptors (Lipinski definition) is 14. The summed E-state index contributed by atoms with van der Waals surface area (Å²) in [4.78, 5) is 210. The van der Waals surface area contributed by atoms with Crippen molar-refractivity contribution in [3.63, 3.8) is 0 Å². The van der Waals surface area contributed by atoms with Gasteiger partial charge in [-0.3, -0.25) is 62.3 Å². The number of carbonyl (C=O) groups is 13. The Hall–Kier alpha value is -7.77. The first-order valence-corrected chi connectivity index (χ1v) is 40.0. The van der Waals surface area contributed by atoms with Crippen molar-refractivity contribution in [2.24, 2.45) is 23.7 Å². The number of morpholine rings is 1. The molecule has 8 rings (SSSR count). The van der Waals surface area contributed by atoms with Gasteiger partial charge in [0.05, 0.1) is 43.2 Å². The van der Waals surface area contributed by atoms with Gasteiger partial charge in [-0.05, 0) is 106 Å². The number of likely N-dealkylation sites (N-methyl/N-ethyl adjacent to an activating group) is 7. The molecule has 111 heavy (non-hydrogen) atoms. The number of benzene rings is 1. The summed E-state index contributed by atoms with van der Waals surface area (Å²) in [6.45, 7) is 7.69. The number of halogens is 6. The van der Waals surface area contributed by atoms with E-state index in [0.717, 1.165) is 77.0 Å². The molecule has 33 heteroatoms. The molecule has 1 spiro atoms. The van der Waals surface area contributed by atoms with E-state index in [2.05, 4.69) is 16.0 Å². The first kappa shape index (κ1) is 88.8. The lowest BCUT2D eigenvalue weighted by atomic mass is 9.84. The lowest BCUT2D eigenvalue weighted by molar-refractivity contribution is -0.160. The monoisotopic (exact) mass is 1590 g/mol. The molecule has 3 N–H and O–H groups in total. The van der Waals surface area contributed by atoms with Gasteiger partial charge >= 0.3 is 6.18 Å². The zero-order chi connectivity index (χ0) is 81.9. The number of rotatable bonds is 13. The topological polar surface area (TPSA) is 300 Å². The Morgan fingerprint density at radius 1 is 0.640 bits per heavy atom. The Balaban J connectivity index is 1.23. The van der Waals surface area contributed by atoms with E-state index in [-0.39, 0.29) is 88.8 Å². The van der Waals surface area contributed by atoms with Gasteiger partial charge < -0.3 is 69.7 Å². The van der Waals surface area contributed by atoms with Gasteiger partial charge in [-0.25, -0.2) is 8.78 Å². The Kier molecular flexibility index (Phi) is 30.7. The van der Waals surface area contributed by atoms with Crippen molar-refractivity contribution >= 4 is 88.4 Å². The van der Waals surface area contributed by atoms with Crippen molar-refractivity contribution in [1.82, 2.24) is 64.9 Å². The largest absolute Gasteiger partial charge is 0.417 e. The number of amides is 13. The van der Waals surface area contributed by atoms with Crippen LogP contribution in [0.3, 0.4) is 0 Å². The number of nitrogens with one attached hydrogen (secondary N) is 3. The van der Waals surface area contributed by atoms with Gasteiger partial charge in [-0.1, -0.05) is 110 Å².